The van der Waals surface area contributed by atoms with E-state index in [2.05, 4.69) is 55.0 Å². The summed E-state index contributed by atoms with van der Waals surface area (Å²) in [5.74, 6) is 1.02. The number of H-pyrrole nitrogens is 1. The molecular weight excluding hydrogens is 304 g/mol. The number of fused-ring (bicyclic) bond motifs is 3. The molecule has 0 saturated carbocycles. The Bertz CT molecular complexity index is 628. The van der Waals surface area contributed by atoms with Crippen LogP contribution in [-0.2, 0) is 6.42 Å². The van der Waals surface area contributed by atoms with Gasteiger partial charge in [0.1, 0.15) is 0 Å². The van der Waals surface area contributed by atoms with Gasteiger partial charge in [0.15, 0.2) is 5.82 Å². The second-order valence-electron chi connectivity index (χ2n) is 5.24. The quantitative estimate of drug-likeness (QED) is 0.680. The van der Waals surface area contributed by atoms with Crippen molar-refractivity contribution in [2.24, 2.45) is 0 Å². The first-order valence-electron chi connectivity index (χ1n) is 6.64. The Labute approximate surface area is 120 Å². The van der Waals surface area contributed by atoms with E-state index in [1.807, 2.05) is 0 Å². The van der Waals surface area contributed by atoms with Crippen molar-refractivity contribution in [3.05, 3.63) is 33.8 Å². The topological polar surface area (TPSA) is 52.7 Å². The summed E-state index contributed by atoms with van der Waals surface area (Å²) in [6.07, 6.45) is 2.13. The van der Waals surface area contributed by atoms with Crippen LogP contribution in [0.5, 0.6) is 0 Å². The number of nitrogens with zero attached hydrogens (tertiary/aromatic N) is 1. The highest BCUT2D eigenvalue weighted by Gasteiger charge is 2.26. The molecule has 0 radical (unpaired) electrons. The van der Waals surface area contributed by atoms with Crippen molar-refractivity contribution in [3.8, 4) is 11.3 Å². The number of halogens is 1. The van der Waals surface area contributed by atoms with Gasteiger partial charge in [-0.1, -0.05) is 22.0 Å². The first-order valence-corrected chi connectivity index (χ1v) is 7.44. The minimum atomic E-state index is 0.503. The number of aromatic nitrogens is 2. The number of nitrogens with one attached hydrogen (secondary N) is 3. The van der Waals surface area contributed by atoms with E-state index in [4.69, 9.17) is 0 Å². The minimum absolute atomic E-state index is 0.503. The maximum atomic E-state index is 4.45. The molecule has 98 valence electrons. The van der Waals surface area contributed by atoms with Crippen LogP contribution in [0.15, 0.2) is 22.7 Å². The van der Waals surface area contributed by atoms with E-state index in [0.29, 0.717) is 6.04 Å². The van der Waals surface area contributed by atoms with E-state index in [1.54, 1.807) is 0 Å². The zero-order chi connectivity index (χ0) is 12.8. The smallest absolute Gasteiger partial charge is 0.152 e. The summed E-state index contributed by atoms with van der Waals surface area (Å²) in [4.78, 5) is 0. The summed E-state index contributed by atoms with van der Waals surface area (Å²) in [5.41, 5.74) is 5.13. The van der Waals surface area contributed by atoms with Gasteiger partial charge in [0.25, 0.3) is 0 Å². The third-order valence-corrected chi connectivity index (χ3v) is 4.47. The molecule has 2 aliphatic rings. The zero-order valence-electron chi connectivity index (χ0n) is 10.5. The van der Waals surface area contributed by atoms with Gasteiger partial charge in [0.2, 0.25) is 0 Å². The van der Waals surface area contributed by atoms with E-state index in [-0.39, 0.29) is 0 Å². The van der Waals surface area contributed by atoms with Gasteiger partial charge in [-0.05, 0) is 30.7 Å². The monoisotopic (exact) mass is 318 g/mol. The average Bonchev–Trinajstić information content (AvgIpc) is 3.07. The highest BCUT2D eigenvalue weighted by atomic mass is 79.9. The third kappa shape index (κ3) is 1.88. The highest BCUT2D eigenvalue weighted by Crippen LogP contribution is 2.39. The van der Waals surface area contributed by atoms with E-state index in [1.165, 1.54) is 28.8 Å². The van der Waals surface area contributed by atoms with E-state index < -0.39 is 0 Å². The lowest BCUT2D eigenvalue weighted by Gasteiger charge is -2.11. The molecule has 1 aromatic heterocycles. The molecule has 1 fully saturated rings. The molecule has 0 spiro atoms. The Morgan fingerprint density at radius 3 is 3.16 bits per heavy atom. The van der Waals surface area contributed by atoms with E-state index in [9.17, 15) is 0 Å². The number of rotatable bonds is 2. The second kappa shape index (κ2) is 4.35. The Kier molecular flexibility index (Phi) is 2.63. The molecular formula is C14H15BrN4. The molecule has 0 bridgehead atoms. The maximum absolute atomic E-state index is 4.45. The third-order valence-electron chi connectivity index (χ3n) is 3.97. The summed E-state index contributed by atoms with van der Waals surface area (Å²) in [6.45, 7) is 2.12. The summed E-state index contributed by atoms with van der Waals surface area (Å²) < 4.78 is 1.14. The van der Waals surface area contributed by atoms with Crippen LogP contribution >= 0.6 is 15.9 Å². The SMILES string of the molecule is Brc1ccc2c(c1)Cc1c(NC3CCNC3)n[nH]c1-2. The maximum Gasteiger partial charge on any atom is 0.152 e. The summed E-state index contributed by atoms with van der Waals surface area (Å²) in [7, 11) is 0. The molecule has 2 heterocycles. The van der Waals surface area contributed by atoms with Crippen molar-refractivity contribution in [3.63, 3.8) is 0 Å². The van der Waals surface area contributed by atoms with Gasteiger partial charge in [-0.2, -0.15) is 5.10 Å². The van der Waals surface area contributed by atoms with E-state index >= 15 is 0 Å². The Balaban J connectivity index is 1.67. The summed E-state index contributed by atoms with van der Waals surface area (Å²) in [5, 5.41) is 14.6. The van der Waals surface area contributed by atoms with Crippen LogP contribution in [0.1, 0.15) is 17.5 Å². The lowest BCUT2D eigenvalue weighted by molar-refractivity contribution is 0.784. The first kappa shape index (κ1) is 11.5. The number of hydrogen-bond acceptors (Lipinski definition) is 3. The zero-order valence-corrected chi connectivity index (χ0v) is 12.0. The van der Waals surface area contributed by atoms with E-state index in [0.717, 1.165) is 29.8 Å². The minimum Gasteiger partial charge on any atom is -0.364 e. The van der Waals surface area contributed by atoms with Crippen LogP contribution < -0.4 is 10.6 Å². The molecule has 1 saturated heterocycles. The molecule has 1 aromatic carbocycles. The molecule has 4 nitrogen and oxygen atoms in total. The van der Waals surface area contributed by atoms with Gasteiger partial charge in [0.05, 0.1) is 5.69 Å². The normalized spacial score (nSPS) is 20.4. The predicted octanol–water partition coefficient (Wildman–Crippen LogP) is 2.52. The highest BCUT2D eigenvalue weighted by molar-refractivity contribution is 9.10. The van der Waals surface area contributed by atoms with Crippen molar-refractivity contribution >= 4 is 21.7 Å². The van der Waals surface area contributed by atoms with Gasteiger partial charge in [-0.25, -0.2) is 0 Å². The molecule has 19 heavy (non-hydrogen) atoms. The van der Waals surface area contributed by atoms with Crippen LogP contribution in [0.2, 0.25) is 0 Å². The molecule has 3 N–H and O–H groups in total. The molecule has 1 aliphatic heterocycles. The van der Waals surface area contributed by atoms with Crippen LogP contribution in [0, 0.1) is 0 Å². The lowest BCUT2D eigenvalue weighted by Crippen LogP contribution is -2.22. The number of benzene rings is 1. The Morgan fingerprint density at radius 1 is 1.37 bits per heavy atom. The molecule has 1 atom stereocenters. The molecule has 1 unspecified atom stereocenters. The largest absolute Gasteiger partial charge is 0.364 e. The van der Waals surface area contributed by atoms with Crippen LogP contribution in [0.25, 0.3) is 11.3 Å². The number of hydrogen-bond donors (Lipinski definition) is 3. The molecule has 5 heteroatoms. The van der Waals surface area contributed by atoms with Crippen molar-refractivity contribution in [1.82, 2.24) is 15.5 Å². The van der Waals surface area contributed by atoms with Crippen molar-refractivity contribution in [1.29, 1.82) is 0 Å². The fraction of sp³-hybridized carbons (Fsp3) is 0.357. The van der Waals surface area contributed by atoms with Crippen LogP contribution in [0.4, 0.5) is 5.82 Å². The van der Waals surface area contributed by atoms with Crippen LogP contribution in [0.3, 0.4) is 0 Å². The molecule has 0 amide bonds. The van der Waals surface area contributed by atoms with Crippen LogP contribution in [-0.4, -0.2) is 29.3 Å². The molecule has 2 aromatic rings. The first-order chi connectivity index (χ1) is 9.31. The average molecular weight is 319 g/mol. The lowest BCUT2D eigenvalue weighted by atomic mass is 10.1. The van der Waals surface area contributed by atoms with Gasteiger partial charge >= 0.3 is 0 Å². The van der Waals surface area contributed by atoms with Crippen molar-refractivity contribution in [2.75, 3.05) is 18.4 Å². The van der Waals surface area contributed by atoms with Crippen molar-refractivity contribution < 1.29 is 0 Å². The van der Waals surface area contributed by atoms with Gasteiger partial charge < -0.3 is 10.6 Å². The second-order valence-corrected chi connectivity index (χ2v) is 6.15. The molecule has 4 rings (SSSR count). The Morgan fingerprint density at radius 2 is 2.32 bits per heavy atom. The van der Waals surface area contributed by atoms with Gasteiger partial charge in [0, 0.05) is 34.6 Å². The fourth-order valence-corrected chi connectivity index (χ4v) is 3.40. The van der Waals surface area contributed by atoms with Gasteiger partial charge in [-0.3, -0.25) is 5.10 Å². The van der Waals surface area contributed by atoms with Crippen molar-refractivity contribution in [2.45, 2.75) is 18.9 Å². The summed E-state index contributed by atoms with van der Waals surface area (Å²) >= 11 is 3.54. The van der Waals surface area contributed by atoms with Gasteiger partial charge in [-0.15, -0.1) is 0 Å². The number of aromatic amines is 1. The Hall–Kier alpha value is -1.33. The summed E-state index contributed by atoms with van der Waals surface area (Å²) in [6, 6.07) is 6.94. The molecule has 1 aliphatic carbocycles. The number of anilines is 1. The standard InChI is InChI=1S/C14H15BrN4/c15-9-1-2-11-8(5-9)6-12-13(11)18-19-14(12)17-10-3-4-16-7-10/h1-2,5,10,16H,3-4,6-7H2,(H2,17,18,19). The fourth-order valence-electron chi connectivity index (χ4n) is 2.99. The predicted molar refractivity (Wildman–Crippen MR) is 79.4 cm³/mol.